The number of hydrogen-bond donors (Lipinski definition) is 2. The number of nitrogens with one attached hydrogen (secondary N) is 2. The van der Waals surface area contributed by atoms with Crippen LogP contribution in [-0.4, -0.2) is 23.3 Å². The summed E-state index contributed by atoms with van der Waals surface area (Å²) in [5.41, 5.74) is 1.02. The van der Waals surface area contributed by atoms with Crippen LogP contribution in [0, 0.1) is 0 Å². The summed E-state index contributed by atoms with van der Waals surface area (Å²) in [6.07, 6.45) is 3.34. The van der Waals surface area contributed by atoms with Crippen LogP contribution in [0.2, 0.25) is 0 Å². The first-order valence-corrected chi connectivity index (χ1v) is 9.41. The van der Waals surface area contributed by atoms with Gasteiger partial charge in [-0.15, -0.1) is 0 Å². The van der Waals surface area contributed by atoms with Crippen molar-refractivity contribution in [2.45, 2.75) is 6.42 Å². The number of benzene rings is 2. The highest BCUT2D eigenvalue weighted by molar-refractivity contribution is 9.10. The first-order valence-electron chi connectivity index (χ1n) is 8.62. The molecule has 0 unspecified atom stereocenters. The van der Waals surface area contributed by atoms with Crippen molar-refractivity contribution >= 4 is 33.4 Å². The smallest absolute Gasteiger partial charge is 0.255 e. The molecule has 0 radical (unpaired) electrons. The lowest BCUT2D eigenvalue weighted by atomic mass is 10.2. The minimum Gasteiger partial charge on any atom is -0.456 e. The number of anilines is 1. The Morgan fingerprint density at radius 2 is 1.89 bits per heavy atom. The summed E-state index contributed by atoms with van der Waals surface area (Å²) in [6, 6.07) is 17.8. The van der Waals surface area contributed by atoms with Gasteiger partial charge in [-0.1, -0.05) is 34.1 Å². The van der Waals surface area contributed by atoms with Crippen LogP contribution < -0.4 is 15.4 Å². The first kappa shape index (κ1) is 19.6. The van der Waals surface area contributed by atoms with Gasteiger partial charge in [-0.05, 0) is 42.5 Å². The molecule has 2 aromatic carbocycles. The maximum absolute atomic E-state index is 12.5. The second-order valence-electron chi connectivity index (χ2n) is 5.85. The van der Waals surface area contributed by atoms with Crippen molar-refractivity contribution in [3.8, 4) is 11.5 Å². The number of ether oxygens (including phenoxy) is 1. The topological polar surface area (TPSA) is 80.3 Å². The average Bonchev–Trinajstić information content (AvgIpc) is 2.69. The summed E-state index contributed by atoms with van der Waals surface area (Å²) in [5, 5.41) is 5.47. The van der Waals surface area contributed by atoms with Gasteiger partial charge in [0.2, 0.25) is 5.91 Å². The van der Waals surface area contributed by atoms with Crippen LogP contribution >= 0.6 is 15.9 Å². The molecular weight excluding hydrogens is 422 g/mol. The molecule has 0 atom stereocenters. The predicted octanol–water partition coefficient (Wildman–Crippen LogP) is 4.40. The maximum Gasteiger partial charge on any atom is 0.255 e. The van der Waals surface area contributed by atoms with Gasteiger partial charge in [0.1, 0.15) is 11.5 Å². The van der Waals surface area contributed by atoms with Crippen LogP contribution in [0.3, 0.4) is 0 Å². The monoisotopic (exact) mass is 439 g/mol. The van der Waals surface area contributed by atoms with E-state index in [0.717, 1.165) is 4.47 Å². The number of halogens is 1. The van der Waals surface area contributed by atoms with E-state index in [2.05, 4.69) is 31.5 Å². The quantitative estimate of drug-likeness (QED) is 0.571. The van der Waals surface area contributed by atoms with Crippen molar-refractivity contribution in [1.82, 2.24) is 10.3 Å². The molecular formula is C21H18BrN3O3. The Morgan fingerprint density at radius 3 is 2.68 bits per heavy atom. The van der Waals surface area contributed by atoms with Crippen LogP contribution in [0.15, 0.2) is 77.5 Å². The number of rotatable bonds is 7. The van der Waals surface area contributed by atoms with Gasteiger partial charge in [0.25, 0.3) is 5.91 Å². The highest BCUT2D eigenvalue weighted by Crippen LogP contribution is 2.27. The molecule has 0 aliphatic heterocycles. The van der Waals surface area contributed by atoms with Gasteiger partial charge in [-0.2, -0.15) is 0 Å². The molecule has 0 aliphatic carbocycles. The van der Waals surface area contributed by atoms with Crippen LogP contribution in [0.1, 0.15) is 16.8 Å². The second kappa shape index (κ2) is 9.66. The molecule has 1 heterocycles. The third-order valence-electron chi connectivity index (χ3n) is 3.74. The van der Waals surface area contributed by atoms with Crippen molar-refractivity contribution in [3.05, 3.63) is 83.1 Å². The Bertz CT molecular complexity index is 964. The molecule has 2 amide bonds. The molecule has 142 valence electrons. The van der Waals surface area contributed by atoms with Crippen molar-refractivity contribution in [1.29, 1.82) is 0 Å². The predicted molar refractivity (Wildman–Crippen MR) is 110 cm³/mol. The van der Waals surface area contributed by atoms with Gasteiger partial charge < -0.3 is 15.4 Å². The fraction of sp³-hybridized carbons (Fsp3) is 0.0952. The Morgan fingerprint density at radius 1 is 1.04 bits per heavy atom. The number of nitrogens with zero attached hydrogens (tertiary/aromatic N) is 1. The minimum absolute atomic E-state index is 0.148. The summed E-state index contributed by atoms with van der Waals surface area (Å²) in [7, 11) is 0. The van der Waals surface area contributed by atoms with Gasteiger partial charge in [0.05, 0.1) is 17.4 Å². The van der Waals surface area contributed by atoms with Gasteiger partial charge in [0, 0.05) is 23.6 Å². The standard InChI is InChI=1S/C21H18BrN3O3/c22-15-5-3-7-17(13-15)28-19-9-2-1-8-18(19)21(27)24-12-10-20(26)25-16-6-4-11-23-14-16/h1-9,11,13-14H,10,12H2,(H,24,27)(H,25,26). The molecule has 3 rings (SSSR count). The zero-order valence-electron chi connectivity index (χ0n) is 14.9. The van der Waals surface area contributed by atoms with Crippen LogP contribution in [0.4, 0.5) is 5.69 Å². The number of para-hydroxylation sites is 1. The van der Waals surface area contributed by atoms with Crippen molar-refractivity contribution in [3.63, 3.8) is 0 Å². The molecule has 2 N–H and O–H groups in total. The van der Waals surface area contributed by atoms with Gasteiger partial charge >= 0.3 is 0 Å². The number of hydrogen-bond acceptors (Lipinski definition) is 4. The molecule has 7 heteroatoms. The highest BCUT2D eigenvalue weighted by Gasteiger charge is 2.13. The largest absolute Gasteiger partial charge is 0.456 e. The molecule has 3 aromatic rings. The van der Waals surface area contributed by atoms with E-state index in [1.165, 1.54) is 0 Å². The Kier molecular flexibility index (Phi) is 6.75. The van der Waals surface area contributed by atoms with Crippen LogP contribution in [0.5, 0.6) is 11.5 Å². The molecule has 0 spiro atoms. The van der Waals surface area contributed by atoms with E-state index < -0.39 is 0 Å². The van der Waals surface area contributed by atoms with E-state index in [1.807, 2.05) is 24.3 Å². The third-order valence-corrected chi connectivity index (χ3v) is 4.23. The average molecular weight is 440 g/mol. The van der Waals surface area contributed by atoms with Crippen molar-refractivity contribution in [2.75, 3.05) is 11.9 Å². The number of carbonyl (C=O) groups excluding carboxylic acids is 2. The maximum atomic E-state index is 12.5. The summed E-state index contributed by atoms with van der Waals surface area (Å²) in [5.74, 6) is 0.551. The summed E-state index contributed by atoms with van der Waals surface area (Å²) in [4.78, 5) is 28.4. The van der Waals surface area contributed by atoms with E-state index in [0.29, 0.717) is 22.7 Å². The Balaban J connectivity index is 1.56. The van der Waals surface area contributed by atoms with E-state index in [-0.39, 0.29) is 24.8 Å². The fourth-order valence-corrected chi connectivity index (χ4v) is 2.82. The minimum atomic E-state index is -0.306. The second-order valence-corrected chi connectivity index (χ2v) is 6.77. The number of amides is 2. The van der Waals surface area contributed by atoms with Crippen LogP contribution in [0.25, 0.3) is 0 Å². The van der Waals surface area contributed by atoms with Crippen molar-refractivity contribution < 1.29 is 14.3 Å². The Hall–Kier alpha value is -3.19. The van der Waals surface area contributed by atoms with E-state index in [9.17, 15) is 9.59 Å². The van der Waals surface area contributed by atoms with E-state index >= 15 is 0 Å². The lowest BCUT2D eigenvalue weighted by Gasteiger charge is -2.12. The summed E-state index contributed by atoms with van der Waals surface area (Å²) < 4.78 is 6.72. The van der Waals surface area contributed by atoms with Crippen LogP contribution in [-0.2, 0) is 4.79 Å². The number of carbonyl (C=O) groups is 2. The molecule has 6 nitrogen and oxygen atoms in total. The fourth-order valence-electron chi connectivity index (χ4n) is 2.45. The molecule has 0 saturated carbocycles. The number of pyridine rings is 1. The zero-order valence-corrected chi connectivity index (χ0v) is 16.5. The first-order chi connectivity index (χ1) is 13.6. The molecule has 0 bridgehead atoms. The summed E-state index contributed by atoms with van der Waals surface area (Å²) >= 11 is 3.39. The van der Waals surface area contributed by atoms with Gasteiger partial charge in [-0.3, -0.25) is 14.6 Å². The summed E-state index contributed by atoms with van der Waals surface area (Å²) in [6.45, 7) is 0.205. The van der Waals surface area contributed by atoms with Gasteiger partial charge in [0.15, 0.2) is 0 Å². The lowest BCUT2D eigenvalue weighted by molar-refractivity contribution is -0.116. The highest BCUT2D eigenvalue weighted by atomic mass is 79.9. The molecule has 0 aliphatic rings. The third kappa shape index (κ3) is 5.65. The Labute approximate surface area is 171 Å². The van der Waals surface area contributed by atoms with Gasteiger partial charge in [-0.25, -0.2) is 0 Å². The zero-order chi connectivity index (χ0) is 19.8. The normalized spacial score (nSPS) is 10.2. The molecule has 1 aromatic heterocycles. The van der Waals surface area contributed by atoms with Crippen molar-refractivity contribution in [2.24, 2.45) is 0 Å². The molecule has 0 saturated heterocycles. The number of aromatic nitrogens is 1. The van der Waals surface area contributed by atoms with E-state index in [4.69, 9.17) is 4.74 Å². The lowest BCUT2D eigenvalue weighted by Crippen LogP contribution is -2.28. The molecule has 28 heavy (non-hydrogen) atoms. The van der Waals surface area contributed by atoms with E-state index in [1.54, 1.807) is 48.8 Å². The SMILES string of the molecule is O=C(CCNC(=O)c1ccccc1Oc1cccc(Br)c1)Nc1cccnc1. The molecule has 0 fully saturated rings.